The summed E-state index contributed by atoms with van der Waals surface area (Å²) in [5.74, 6) is 2.37. The van der Waals surface area contributed by atoms with Crippen LogP contribution in [0.2, 0.25) is 0 Å². The molecular weight excluding hydrogens is 344 g/mol. The van der Waals surface area contributed by atoms with Gasteiger partial charge >= 0.3 is 0 Å². The highest BCUT2D eigenvalue weighted by molar-refractivity contribution is 5.92. The van der Waals surface area contributed by atoms with Gasteiger partial charge in [-0.25, -0.2) is 0 Å². The minimum absolute atomic E-state index is 0.110. The third-order valence-electron chi connectivity index (χ3n) is 8.98. The zero-order valence-corrected chi connectivity index (χ0v) is 17.4. The summed E-state index contributed by atoms with van der Waals surface area (Å²) in [5.41, 5.74) is 4.72. The summed E-state index contributed by atoms with van der Waals surface area (Å²) in [5, 5.41) is 10.2. The lowest BCUT2D eigenvalue weighted by molar-refractivity contribution is -0.0209. The third kappa shape index (κ3) is 2.81. The Labute approximate surface area is 169 Å². The molecule has 5 rings (SSSR count). The largest absolute Gasteiger partial charge is 0.393 e. The van der Waals surface area contributed by atoms with Crippen LogP contribution in [0.15, 0.2) is 41.0 Å². The maximum Gasteiger partial charge on any atom is 0.0811 e. The fourth-order valence-corrected chi connectivity index (χ4v) is 7.36. The Morgan fingerprint density at radius 1 is 1.11 bits per heavy atom. The quantitative estimate of drug-likeness (QED) is 0.706. The summed E-state index contributed by atoms with van der Waals surface area (Å²) < 4.78 is 0. The van der Waals surface area contributed by atoms with E-state index in [0.717, 1.165) is 42.8 Å². The molecule has 0 aliphatic heterocycles. The Morgan fingerprint density at radius 2 is 1.93 bits per heavy atom. The van der Waals surface area contributed by atoms with Gasteiger partial charge in [-0.15, -0.1) is 0 Å². The Balaban J connectivity index is 1.39. The Hall–Kier alpha value is -1.48. The maximum atomic E-state index is 10.2. The van der Waals surface area contributed by atoms with Crippen molar-refractivity contribution in [3.05, 3.63) is 41.7 Å². The van der Waals surface area contributed by atoms with Gasteiger partial charge in [-0.3, -0.25) is 9.98 Å². The summed E-state index contributed by atoms with van der Waals surface area (Å²) in [6.45, 7) is 5.74. The molecule has 4 aliphatic carbocycles. The van der Waals surface area contributed by atoms with Crippen molar-refractivity contribution in [1.29, 1.82) is 0 Å². The van der Waals surface area contributed by atoms with Crippen molar-refractivity contribution in [3.8, 4) is 0 Å². The molecule has 0 saturated heterocycles. The van der Waals surface area contributed by atoms with Gasteiger partial charge in [-0.2, -0.15) is 0 Å². The zero-order valence-electron chi connectivity index (χ0n) is 17.4. The second kappa shape index (κ2) is 6.79. The predicted octanol–water partition coefficient (Wildman–Crippen LogP) is 5.35. The molecule has 28 heavy (non-hydrogen) atoms. The Morgan fingerprint density at radius 3 is 2.75 bits per heavy atom. The SMILES string of the molecule is CC12CCC(O)CC1=CCC1C2CCC2(C)C(=NCc3ccccn3)CCC12. The summed E-state index contributed by atoms with van der Waals surface area (Å²) >= 11 is 0. The highest BCUT2D eigenvalue weighted by atomic mass is 16.3. The van der Waals surface area contributed by atoms with Gasteiger partial charge in [0.2, 0.25) is 0 Å². The average Bonchev–Trinajstić information content (AvgIpc) is 3.04. The van der Waals surface area contributed by atoms with Crippen LogP contribution >= 0.6 is 0 Å². The molecular formula is C25H34N2O. The van der Waals surface area contributed by atoms with E-state index in [-0.39, 0.29) is 11.5 Å². The molecule has 6 atom stereocenters. The van der Waals surface area contributed by atoms with Crippen molar-refractivity contribution in [2.45, 2.75) is 77.9 Å². The summed E-state index contributed by atoms with van der Waals surface area (Å²) in [6, 6.07) is 6.11. The lowest BCUT2D eigenvalue weighted by Crippen LogP contribution is -2.50. The van der Waals surface area contributed by atoms with Crippen LogP contribution in [0.4, 0.5) is 0 Å². The number of allylic oxidation sites excluding steroid dienone is 1. The van der Waals surface area contributed by atoms with Crippen molar-refractivity contribution < 1.29 is 5.11 Å². The number of aromatic nitrogens is 1. The van der Waals surface area contributed by atoms with E-state index in [1.807, 2.05) is 12.3 Å². The molecule has 3 nitrogen and oxygen atoms in total. The van der Waals surface area contributed by atoms with Crippen LogP contribution in [0.3, 0.4) is 0 Å². The number of rotatable bonds is 2. The van der Waals surface area contributed by atoms with Crippen LogP contribution in [-0.4, -0.2) is 21.9 Å². The van der Waals surface area contributed by atoms with Gasteiger partial charge in [0.05, 0.1) is 18.3 Å². The lowest BCUT2D eigenvalue weighted by Gasteiger charge is -2.57. The van der Waals surface area contributed by atoms with Gasteiger partial charge in [0.25, 0.3) is 0 Å². The molecule has 3 heteroatoms. The van der Waals surface area contributed by atoms with E-state index >= 15 is 0 Å². The summed E-state index contributed by atoms with van der Waals surface area (Å²) in [6.07, 6.45) is 13.7. The van der Waals surface area contributed by atoms with Gasteiger partial charge in [0, 0.05) is 17.3 Å². The minimum Gasteiger partial charge on any atom is -0.393 e. The third-order valence-corrected chi connectivity index (χ3v) is 8.98. The average molecular weight is 379 g/mol. The highest BCUT2D eigenvalue weighted by Crippen LogP contribution is 2.64. The van der Waals surface area contributed by atoms with Crippen molar-refractivity contribution in [1.82, 2.24) is 4.98 Å². The fourth-order valence-electron chi connectivity index (χ4n) is 7.36. The van der Waals surface area contributed by atoms with Crippen molar-refractivity contribution >= 4 is 5.71 Å². The molecule has 1 N–H and O–H groups in total. The first-order valence-corrected chi connectivity index (χ1v) is 11.3. The standard InChI is InChI=1S/C25H34N2O/c1-24-12-10-19(28)15-17(24)6-7-20-21-8-9-23(25(21,2)13-11-22(20)24)27-16-18-5-3-4-14-26-18/h3-6,14,19-22,28H,7-13,15-16H2,1-2H3. The smallest absolute Gasteiger partial charge is 0.0811 e. The normalized spacial score (nSPS) is 43.8. The van der Waals surface area contributed by atoms with Gasteiger partial charge in [0.1, 0.15) is 0 Å². The van der Waals surface area contributed by atoms with Gasteiger partial charge in [-0.1, -0.05) is 31.6 Å². The fraction of sp³-hybridized carbons (Fsp3) is 0.680. The Bertz CT molecular complexity index is 800. The topological polar surface area (TPSA) is 45.5 Å². The molecule has 1 aromatic heterocycles. The number of hydrogen-bond donors (Lipinski definition) is 1. The second-order valence-electron chi connectivity index (χ2n) is 10.2. The highest BCUT2D eigenvalue weighted by Gasteiger charge is 2.57. The van der Waals surface area contributed by atoms with E-state index in [4.69, 9.17) is 4.99 Å². The van der Waals surface area contributed by atoms with Crippen LogP contribution in [0.25, 0.3) is 0 Å². The first-order valence-electron chi connectivity index (χ1n) is 11.3. The second-order valence-corrected chi connectivity index (χ2v) is 10.2. The summed E-state index contributed by atoms with van der Waals surface area (Å²) in [7, 11) is 0. The van der Waals surface area contributed by atoms with Crippen LogP contribution < -0.4 is 0 Å². The number of aliphatic hydroxyl groups excluding tert-OH is 1. The molecule has 0 radical (unpaired) electrons. The maximum absolute atomic E-state index is 10.2. The molecule has 150 valence electrons. The molecule has 0 bridgehead atoms. The van der Waals surface area contributed by atoms with Crippen LogP contribution in [0, 0.1) is 28.6 Å². The molecule has 3 saturated carbocycles. The zero-order chi connectivity index (χ0) is 19.4. The lowest BCUT2D eigenvalue weighted by atomic mass is 9.48. The molecule has 0 aromatic carbocycles. The number of aliphatic hydroxyl groups is 1. The minimum atomic E-state index is -0.110. The van der Waals surface area contributed by atoms with Crippen molar-refractivity contribution in [3.63, 3.8) is 0 Å². The van der Waals surface area contributed by atoms with Crippen molar-refractivity contribution in [2.75, 3.05) is 0 Å². The number of fused-ring (bicyclic) bond motifs is 5. The van der Waals surface area contributed by atoms with Crippen LogP contribution in [0.1, 0.15) is 70.9 Å². The van der Waals surface area contributed by atoms with E-state index in [0.29, 0.717) is 5.41 Å². The van der Waals surface area contributed by atoms with Crippen LogP contribution in [0.5, 0.6) is 0 Å². The first kappa shape index (κ1) is 18.5. The number of hydrogen-bond acceptors (Lipinski definition) is 3. The van der Waals surface area contributed by atoms with Crippen molar-refractivity contribution in [2.24, 2.45) is 33.6 Å². The number of nitrogens with zero attached hydrogens (tertiary/aromatic N) is 2. The number of pyridine rings is 1. The molecule has 6 unspecified atom stereocenters. The van der Waals surface area contributed by atoms with E-state index in [9.17, 15) is 5.11 Å². The Kier molecular flexibility index (Phi) is 4.50. The van der Waals surface area contributed by atoms with E-state index in [1.54, 1.807) is 5.57 Å². The molecule has 0 spiro atoms. The van der Waals surface area contributed by atoms with E-state index < -0.39 is 0 Å². The van der Waals surface area contributed by atoms with Crippen LogP contribution in [-0.2, 0) is 6.54 Å². The molecule has 3 fully saturated rings. The number of aliphatic imine (C=N–C) groups is 1. The molecule has 1 heterocycles. The van der Waals surface area contributed by atoms with E-state index in [2.05, 4.69) is 37.0 Å². The molecule has 0 amide bonds. The molecule has 4 aliphatic rings. The van der Waals surface area contributed by atoms with E-state index in [1.165, 1.54) is 44.2 Å². The first-order chi connectivity index (χ1) is 13.5. The monoisotopic (exact) mass is 378 g/mol. The summed E-state index contributed by atoms with van der Waals surface area (Å²) in [4.78, 5) is 9.56. The van der Waals surface area contributed by atoms with Gasteiger partial charge in [0.15, 0.2) is 0 Å². The van der Waals surface area contributed by atoms with Gasteiger partial charge < -0.3 is 5.11 Å². The predicted molar refractivity (Wildman–Crippen MR) is 113 cm³/mol. The van der Waals surface area contributed by atoms with Gasteiger partial charge in [-0.05, 0) is 86.7 Å². The molecule has 1 aromatic rings.